The van der Waals surface area contributed by atoms with E-state index in [4.69, 9.17) is 11.6 Å². The van der Waals surface area contributed by atoms with Crippen LogP contribution in [0, 0.1) is 6.92 Å². The fraction of sp³-hybridized carbons (Fsp3) is 0.182. The molecule has 0 atom stereocenters. The summed E-state index contributed by atoms with van der Waals surface area (Å²) in [7, 11) is 0. The lowest BCUT2D eigenvalue weighted by atomic mass is 10.0. The second-order valence-corrected chi connectivity index (χ2v) is 3.26. The van der Waals surface area contributed by atoms with Gasteiger partial charge >= 0.3 is 0 Å². The molecule has 1 aromatic rings. The predicted molar refractivity (Wildman–Crippen MR) is 55.3 cm³/mol. The minimum Gasteiger partial charge on any atom is -0.289 e. The molecular formula is C11H11ClO. The van der Waals surface area contributed by atoms with Gasteiger partial charge in [-0.05, 0) is 43.7 Å². The molecule has 0 spiro atoms. The van der Waals surface area contributed by atoms with Gasteiger partial charge in [0.25, 0.3) is 0 Å². The van der Waals surface area contributed by atoms with Gasteiger partial charge in [0.2, 0.25) is 0 Å². The lowest BCUT2D eigenvalue weighted by molar-refractivity contribution is 0.104. The summed E-state index contributed by atoms with van der Waals surface area (Å²) in [4.78, 5) is 11.4. The molecule has 0 aromatic heterocycles. The van der Waals surface area contributed by atoms with Crippen molar-refractivity contribution in [2.75, 3.05) is 0 Å². The normalized spacial score (nSPS) is 10.7. The Morgan fingerprint density at radius 3 is 2.69 bits per heavy atom. The van der Waals surface area contributed by atoms with Crippen LogP contribution in [0.15, 0.2) is 30.4 Å². The summed E-state index contributed by atoms with van der Waals surface area (Å²) in [6.07, 6.45) is 3.28. The van der Waals surface area contributed by atoms with Crippen molar-refractivity contribution in [2.24, 2.45) is 0 Å². The van der Waals surface area contributed by atoms with Crippen molar-refractivity contribution in [3.05, 3.63) is 46.5 Å². The van der Waals surface area contributed by atoms with E-state index in [0.29, 0.717) is 10.6 Å². The molecule has 0 aliphatic rings. The van der Waals surface area contributed by atoms with E-state index >= 15 is 0 Å². The van der Waals surface area contributed by atoms with Crippen LogP contribution < -0.4 is 0 Å². The third-order valence-electron chi connectivity index (χ3n) is 1.77. The van der Waals surface area contributed by atoms with Gasteiger partial charge in [0.05, 0.1) is 0 Å². The molecule has 0 aliphatic carbocycles. The fourth-order valence-corrected chi connectivity index (χ4v) is 1.37. The van der Waals surface area contributed by atoms with E-state index in [1.54, 1.807) is 30.4 Å². The highest BCUT2D eigenvalue weighted by Gasteiger charge is 2.04. The van der Waals surface area contributed by atoms with Crippen molar-refractivity contribution in [3.8, 4) is 0 Å². The molecule has 13 heavy (non-hydrogen) atoms. The minimum absolute atomic E-state index is 0.0247. The molecule has 0 unspecified atom stereocenters. The monoisotopic (exact) mass is 194 g/mol. The van der Waals surface area contributed by atoms with Crippen LogP contribution in [-0.4, -0.2) is 5.78 Å². The molecule has 0 bridgehead atoms. The molecule has 0 amide bonds. The van der Waals surface area contributed by atoms with Gasteiger partial charge in [-0.2, -0.15) is 0 Å². The molecule has 0 saturated carbocycles. The first-order chi connectivity index (χ1) is 6.15. The molecule has 0 saturated heterocycles. The van der Waals surface area contributed by atoms with E-state index in [0.717, 1.165) is 5.56 Å². The molecule has 0 radical (unpaired) electrons. The number of hydrogen-bond donors (Lipinski definition) is 0. The number of halogens is 1. The Hall–Kier alpha value is -1.08. The summed E-state index contributed by atoms with van der Waals surface area (Å²) in [5.41, 5.74) is 1.62. The van der Waals surface area contributed by atoms with Crippen molar-refractivity contribution in [2.45, 2.75) is 13.8 Å². The number of aryl methyl sites for hydroxylation is 1. The number of ketones is 1. The Bertz CT molecular complexity index is 353. The van der Waals surface area contributed by atoms with Crippen LogP contribution in [-0.2, 0) is 0 Å². The van der Waals surface area contributed by atoms with Crippen LogP contribution in [0.5, 0.6) is 0 Å². The van der Waals surface area contributed by atoms with Gasteiger partial charge in [-0.15, -0.1) is 0 Å². The van der Waals surface area contributed by atoms with Crippen LogP contribution in [0.2, 0.25) is 5.02 Å². The Morgan fingerprint density at radius 2 is 2.15 bits per heavy atom. The summed E-state index contributed by atoms with van der Waals surface area (Å²) >= 11 is 5.77. The number of carbonyl (C=O) groups excluding carboxylic acids is 1. The third kappa shape index (κ3) is 2.43. The second-order valence-electron chi connectivity index (χ2n) is 2.82. The number of carbonyl (C=O) groups is 1. The Kier molecular flexibility index (Phi) is 3.26. The molecule has 68 valence electrons. The Morgan fingerprint density at radius 1 is 1.46 bits per heavy atom. The van der Waals surface area contributed by atoms with Crippen molar-refractivity contribution in [1.29, 1.82) is 0 Å². The molecule has 1 nitrogen and oxygen atoms in total. The van der Waals surface area contributed by atoms with Crippen LogP contribution in [0.3, 0.4) is 0 Å². The molecule has 0 aliphatic heterocycles. The number of rotatable bonds is 2. The lowest BCUT2D eigenvalue weighted by Crippen LogP contribution is -1.96. The van der Waals surface area contributed by atoms with Crippen LogP contribution >= 0.6 is 11.6 Å². The zero-order valence-corrected chi connectivity index (χ0v) is 8.43. The SMILES string of the molecule is CC=CC(=O)c1ccc(Cl)cc1C. The molecule has 2 heteroatoms. The quantitative estimate of drug-likeness (QED) is 0.521. The zero-order valence-electron chi connectivity index (χ0n) is 7.67. The zero-order chi connectivity index (χ0) is 9.84. The summed E-state index contributed by atoms with van der Waals surface area (Å²) in [6.45, 7) is 3.70. The highest BCUT2D eigenvalue weighted by molar-refractivity contribution is 6.30. The van der Waals surface area contributed by atoms with E-state index in [9.17, 15) is 4.79 Å². The third-order valence-corrected chi connectivity index (χ3v) is 2.01. The minimum atomic E-state index is 0.0247. The van der Waals surface area contributed by atoms with Gasteiger partial charge in [0, 0.05) is 10.6 Å². The fourth-order valence-electron chi connectivity index (χ4n) is 1.14. The summed E-state index contributed by atoms with van der Waals surface area (Å²) in [5, 5.41) is 0.662. The van der Waals surface area contributed by atoms with E-state index in [1.807, 2.05) is 13.8 Å². The summed E-state index contributed by atoms with van der Waals surface area (Å²) in [5.74, 6) is 0.0247. The van der Waals surface area contributed by atoms with Crippen molar-refractivity contribution in [1.82, 2.24) is 0 Å². The first-order valence-electron chi connectivity index (χ1n) is 4.08. The first-order valence-corrected chi connectivity index (χ1v) is 4.46. The standard InChI is InChI=1S/C11H11ClO/c1-3-4-11(13)10-6-5-9(12)7-8(10)2/h3-7H,1-2H3. The summed E-state index contributed by atoms with van der Waals surface area (Å²) < 4.78 is 0. The molecule has 1 aromatic carbocycles. The second kappa shape index (κ2) is 4.24. The lowest BCUT2D eigenvalue weighted by Gasteiger charge is -2.01. The highest BCUT2D eigenvalue weighted by Crippen LogP contribution is 2.15. The van der Waals surface area contributed by atoms with Crippen LogP contribution in [0.1, 0.15) is 22.8 Å². The largest absolute Gasteiger partial charge is 0.289 e. The van der Waals surface area contributed by atoms with Crippen molar-refractivity contribution < 1.29 is 4.79 Å². The van der Waals surface area contributed by atoms with Crippen LogP contribution in [0.25, 0.3) is 0 Å². The van der Waals surface area contributed by atoms with E-state index < -0.39 is 0 Å². The van der Waals surface area contributed by atoms with Gasteiger partial charge in [-0.1, -0.05) is 17.7 Å². The number of hydrogen-bond acceptors (Lipinski definition) is 1. The number of allylic oxidation sites excluding steroid dienone is 2. The molecular weight excluding hydrogens is 184 g/mol. The highest BCUT2D eigenvalue weighted by atomic mass is 35.5. The van der Waals surface area contributed by atoms with Crippen LogP contribution in [0.4, 0.5) is 0 Å². The van der Waals surface area contributed by atoms with Crippen molar-refractivity contribution in [3.63, 3.8) is 0 Å². The molecule has 0 N–H and O–H groups in total. The molecule has 1 rings (SSSR count). The topological polar surface area (TPSA) is 17.1 Å². The molecule has 0 fully saturated rings. The van der Waals surface area contributed by atoms with Gasteiger partial charge in [0.1, 0.15) is 0 Å². The maximum absolute atomic E-state index is 11.4. The summed E-state index contributed by atoms with van der Waals surface area (Å²) in [6, 6.07) is 5.27. The Labute approximate surface area is 83.0 Å². The Balaban J connectivity index is 3.09. The maximum atomic E-state index is 11.4. The van der Waals surface area contributed by atoms with E-state index in [-0.39, 0.29) is 5.78 Å². The average Bonchev–Trinajstić information content (AvgIpc) is 2.04. The van der Waals surface area contributed by atoms with Gasteiger partial charge < -0.3 is 0 Å². The van der Waals surface area contributed by atoms with Gasteiger partial charge in [0.15, 0.2) is 5.78 Å². The van der Waals surface area contributed by atoms with Gasteiger partial charge in [-0.3, -0.25) is 4.79 Å². The first kappa shape index (κ1) is 10.0. The maximum Gasteiger partial charge on any atom is 0.185 e. The van der Waals surface area contributed by atoms with E-state index in [2.05, 4.69) is 0 Å². The van der Waals surface area contributed by atoms with Crippen molar-refractivity contribution >= 4 is 17.4 Å². The van der Waals surface area contributed by atoms with Gasteiger partial charge in [-0.25, -0.2) is 0 Å². The predicted octanol–water partition coefficient (Wildman–Crippen LogP) is 3.41. The number of benzene rings is 1. The molecule has 0 heterocycles. The van der Waals surface area contributed by atoms with E-state index in [1.165, 1.54) is 0 Å². The smallest absolute Gasteiger partial charge is 0.185 e. The average molecular weight is 195 g/mol.